The van der Waals surface area contributed by atoms with Crippen LogP contribution in [-0.2, 0) is 0 Å². The monoisotopic (exact) mass is 281 g/mol. The van der Waals surface area contributed by atoms with Gasteiger partial charge >= 0.3 is 0 Å². The van der Waals surface area contributed by atoms with Crippen LogP contribution < -0.4 is 4.74 Å². The third-order valence-corrected chi connectivity index (χ3v) is 3.68. The van der Waals surface area contributed by atoms with Crippen molar-refractivity contribution >= 4 is 0 Å². The van der Waals surface area contributed by atoms with Gasteiger partial charge in [0.05, 0.1) is 0 Å². The number of aliphatic hydroxyl groups excluding tert-OH is 1. The number of halogens is 1. The van der Waals surface area contributed by atoms with Crippen LogP contribution in [0, 0.1) is 17.7 Å². The molecule has 2 rings (SSSR count). The second kappa shape index (κ2) is 7.04. The maximum atomic E-state index is 13.4. The summed E-state index contributed by atoms with van der Waals surface area (Å²) >= 11 is 0. The molecule has 20 heavy (non-hydrogen) atoms. The van der Waals surface area contributed by atoms with E-state index in [9.17, 15) is 9.50 Å². The van der Waals surface area contributed by atoms with Crippen molar-refractivity contribution in [2.24, 2.45) is 11.8 Å². The summed E-state index contributed by atoms with van der Waals surface area (Å²) in [6.07, 6.45) is 0.658. The standard InChI is InChI=1S/C16H24FNO2/c1-12-7-13(2)9-18(8-12)10-14(19)11-20-16-6-4-3-5-15(16)17/h3-6,12-14,19H,7-11H2,1-2H3/t12-,13+,14-/m0/s1. The first-order valence-electron chi connectivity index (χ1n) is 7.32. The van der Waals surface area contributed by atoms with Gasteiger partial charge in [-0.05, 0) is 30.4 Å². The lowest BCUT2D eigenvalue weighted by Gasteiger charge is -2.35. The zero-order chi connectivity index (χ0) is 14.5. The zero-order valence-electron chi connectivity index (χ0n) is 12.3. The first-order valence-corrected chi connectivity index (χ1v) is 7.32. The van der Waals surface area contributed by atoms with Gasteiger partial charge in [0.15, 0.2) is 11.6 Å². The largest absolute Gasteiger partial charge is 0.488 e. The van der Waals surface area contributed by atoms with Crippen molar-refractivity contribution < 1.29 is 14.2 Å². The highest BCUT2D eigenvalue weighted by molar-refractivity contribution is 5.23. The molecular weight excluding hydrogens is 257 g/mol. The predicted molar refractivity (Wildman–Crippen MR) is 77.3 cm³/mol. The number of para-hydroxylation sites is 1. The van der Waals surface area contributed by atoms with Gasteiger partial charge in [-0.15, -0.1) is 0 Å². The molecule has 4 heteroatoms. The first kappa shape index (κ1) is 15.3. The van der Waals surface area contributed by atoms with Crippen LogP contribution in [-0.4, -0.2) is 42.4 Å². The van der Waals surface area contributed by atoms with Crippen molar-refractivity contribution in [3.63, 3.8) is 0 Å². The minimum atomic E-state index is -0.591. The molecule has 1 N–H and O–H groups in total. The number of β-amino-alcohol motifs (C(OH)–C–C–N with tert-alkyl or cyclic N) is 1. The summed E-state index contributed by atoms with van der Waals surface area (Å²) in [5.41, 5.74) is 0. The number of hydrogen-bond acceptors (Lipinski definition) is 3. The van der Waals surface area contributed by atoms with E-state index in [1.807, 2.05) is 0 Å². The molecule has 0 aliphatic carbocycles. The fraction of sp³-hybridized carbons (Fsp3) is 0.625. The van der Waals surface area contributed by atoms with Crippen LogP contribution in [0.15, 0.2) is 24.3 Å². The van der Waals surface area contributed by atoms with E-state index in [4.69, 9.17) is 4.74 Å². The van der Waals surface area contributed by atoms with Crippen LogP contribution in [0.2, 0.25) is 0 Å². The number of piperidine rings is 1. The molecule has 1 aromatic carbocycles. The van der Waals surface area contributed by atoms with E-state index in [-0.39, 0.29) is 18.2 Å². The highest BCUT2D eigenvalue weighted by Gasteiger charge is 2.23. The van der Waals surface area contributed by atoms with Crippen LogP contribution in [0.4, 0.5) is 4.39 Å². The lowest BCUT2D eigenvalue weighted by Crippen LogP contribution is -2.44. The summed E-state index contributed by atoms with van der Waals surface area (Å²) in [6, 6.07) is 6.27. The van der Waals surface area contributed by atoms with Crippen molar-refractivity contribution in [1.82, 2.24) is 4.90 Å². The number of ether oxygens (including phenoxy) is 1. The van der Waals surface area contributed by atoms with Gasteiger partial charge in [-0.3, -0.25) is 0 Å². The molecule has 0 amide bonds. The van der Waals surface area contributed by atoms with Gasteiger partial charge in [-0.2, -0.15) is 0 Å². The highest BCUT2D eigenvalue weighted by atomic mass is 19.1. The van der Waals surface area contributed by atoms with Crippen molar-refractivity contribution in [3.05, 3.63) is 30.1 Å². The maximum Gasteiger partial charge on any atom is 0.165 e. The third-order valence-electron chi connectivity index (χ3n) is 3.68. The molecule has 1 aromatic rings. The van der Waals surface area contributed by atoms with Gasteiger partial charge in [0.25, 0.3) is 0 Å². The van der Waals surface area contributed by atoms with E-state index in [2.05, 4.69) is 18.7 Å². The fourth-order valence-electron chi connectivity index (χ4n) is 3.04. The van der Waals surface area contributed by atoms with E-state index < -0.39 is 6.10 Å². The summed E-state index contributed by atoms with van der Waals surface area (Å²) in [5.74, 6) is 1.14. The molecule has 1 heterocycles. The molecule has 0 bridgehead atoms. The summed E-state index contributed by atoms with van der Waals surface area (Å²) in [7, 11) is 0. The number of aliphatic hydroxyl groups is 1. The van der Waals surface area contributed by atoms with Crippen molar-refractivity contribution in [3.8, 4) is 5.75 Å². The van der Waals surface area contributed by atoms with Gasteiger partial charge in [0.1, 0.15) is 12.7 Å². The average Bonchev–Trinajstić information content (AvgIpc) is 2.36. The molecule has 1 aliphatic heterocycles. The summed E-state index contributed by atoms with van der Waals surface area (Å²) in [5, 5.41) is 10.0. The Hall–Kier alpha value is -1.13. The molecule has 1 aliphatic rings. The second-order valence-electron chi connectivity index (χ2n) is 6.06. The van der Waals surface area contributed by atoms with E-state index in [1.54, 1.807) is 18.2 Å². The molecule has 0 aromatic heterocycles. The Labute approximate surface area is 120 Å². The Bertz CT molecular complexity index is 417. The molecule has 112 valence electrons. The first-order chi connectivity index (χ1) is 9.54. The smallest absolute Gasteiger partial charge is 0.165 e. The van der Waals surface area contributed by atoms with Gasteiger partial charge in [0, 0.05) is 19.6 Å². The summed E-state index contributed by atoms with van der Waals surface area (Å²) in [6.45, 7) is 7.22. The number of benzene rings is 1. The Morgan fingerprint density at radius 2 is 1.95 bits per heavy atom. The molecule has 0 saturated carbocycles. The molecule has 1 fully saturated rings. The third kappa shape index (κ3) is 4.46. The highest BCUT2D eigenvalue weighted by Crippen LogP contribution is 2.21. The van der Waals surface area contributed by atoms with E-state index in [1.165, 1.54) is 12.5 Å². The molecule has 3 atom stereocenters. The lowest BCUT2D eigenvalue weighted by atomic mass is 9.92. The molecule has 0 radical (unpaired) electrons. The Balaban J connectivity index is 1.78. The van der Waals surface area contributed by atoms with Crippen LogP contribution in [0.1, 0.15) is 20.3 Å². The average molecular weight is 281 g/mol. The number of rotatable bonds is 5. The quantitative estimate of drug-likeness (QED) is 0.900. The second-order valence-corrected chi connectivity index (χ2v) is 6.06. The molecule has 1 saturated heterocycles. The topological polar surface area (TPSA) is 32.7 Å². The van der Waals surface area contributed by atoms with Crippen LogP contribution in [0.25, 0.3) is 0 Å². The Morgan fingerprint density at radius 1 is 1.30 bits per heavy atom. The van der Waals surface area contributed by atoms with Crippen molar-refractivity contribution in [2.45, 2.75) is 26.4 Å². The van der Waals surface area contributed by atoms with E-state index in [0.717, 1.165) is 13.1 Å². The van der Waals surface area contributed by atoms with E-state index in [0.29, 0.717) is 18.4 Å². The predicted octanol–water partition coefficient (Wildman–Crippen LogP) is 2.54. The van der Waals surface area contributed by atoms with Crippen molar-refractivity contribution in [2.75, 3.05) is 26.2 Å². The van der Waals surface area contributed by atoms with Gasteiger partial charge in [-0.1, -0.05) is 26.0 Å². The van der Waals surface area contributed by atoms with Crippen LogP contribution >= 0.6 is 0 Å². The van der Waals surface area contributed by atoms with E-state index >= 15 is 0 Å². The van der Waals surface area contributed by atoms with Gasteiger partial charge in [0.2, 0.25) is 0 Å². The normalized spacial score (nSPS) is 25.4. The SMILES string of the molecule is C[C@@H]1C[C@H](C)CN(C[C@H](O)COc2ccccc2F)C1. The molecule has 0 spiro atoms. The Morgan fingerprint density at radius 3 is 2.60 bits per heavy atom. The minimum Gasteiger partial charge on any atom is -0.488 e. The lowest BCUT2D eigenvalue weighted by molar-refractivity contribution is 0.0420. The Kier molecular flexibility index (Phi) is 5.38. The molecular formula is C16H24FNO2. The number of hydrogen-bond donors (Lipinski definition) is 1. The molecule has 3 nitrogen and oxygen atoms in total. The fourth-order valence-corrected chi connectivity index (χ4v) is 3.04. The zero-order valence-corrected chi connectivity index (χ0v) is 12.3. The van der Waals surface area contributed by atoms with Crippen molar-refractivity contribution in [1.29, 1.82) is 0 Å². The minimum absolute atomic E-state index is 0.125. The van der Waals surface area contributed by atoms with Crippen LogP contribution in [0.3, 0.4) is 0 Å². The molecule has 0 unspecified atom stereocenters. The van der Waals surface area contributed by atoms with Gasteiger partial charge < -0.3 is 14.7 Å². The number of likely N-dealkylation sites (tertiary alicyclic amines) is 1. The number of nitrogens with zero attached hydrogens (tertiary/aromatic N) is 1. The van der Waals surface area contributed by atoms with Gasteiger partial charge in [-0.25, -0.2) is 4.39 Å². The van der Waals surface area contributed by atoms with Crippen LogP contribution in [0.5, 0.6) is 5.75 Å². The maximum absolute atomic E-state index is 13.4. The summed E-state index contributed by atoms with van der Waals surface area (Å²) in [4.78, 5) is 2.27. The summed E-state index contributed by atoms with van der Waals surface area (Å²) < 4.78 is 18.7.